The van der Waals surface area contributed by atoms with Gasteiger partial charge >= 0.3 is 5.97 Å². The number of ether oxygens (including phenoxy) is 1. The monoisotopic (exact) mass is 552 g/mol. The van der Waals surface area contributed by atoms with Crippen LogP contribution in [0.15, 0.2) is 66.7 Å². The topological polar surface area (TPSA) is 66.9 Å². The van der Waals surface area contributed by atoms with Crippen LogP contribution >= 0.6 is 34.8 Å². The van der Waals surface area contributed by atoms with Crippen molar-refractivity contribution in [1.29, 1.82) is 0 Å². The van der Waals surface area contributed by atoms with Gasteiger partial charge in [-0.2, -0.15) is 0 Å². The highest BCUT2D eigenvalue weighted by Crippen LogP contribution is 2.37. The summed E-state index contributed by atoms with van der Waals surface area (Å²) in [6, 6.07) is 19.2. The first kappa shape index (κ1) is 25.8. The van der Waals surface area contributed by atoms with Gasteiger partial charge in [0.1, 0.15) is 0 Å². The fraction of sp³-hybridized carbons (Fsp3) is 0.240. The fourth-order valence-corrected chi connectivity index (χ4v) is 6.01. The van der Waals surface area contributed by atoms with E-state index in [0.717, 1.165) is 17.4 Å². The smallest absolute Gasteiger partial charge is 0.337 e. The van der Waals surface area contributed by atoms with Crippen molar-refractivity contribution in [2.24, 2.45) is 0 Å². The molecule has 10 heteroatoms. The summed E-state index contributed by atoms with van der Waals surface area (Å²) in [5, 5.41) is 1.51. The predicted octanol–water partition coefficient (Wildman–Crippen LogP) is 5.67. The van der Waals surface area contributed by atoms with Crippen LogP contribution in [0.5, 0.6) is 0 Å². The number of hydrogen-bond acceptors (Lipinski definition) is 5. The maximum absolute atomic E-state index is 12.8. The molecular weight excluding hydrogens is 531 g/mol. The molecule has 0 saturated carbocycles. The molecule has 184 valence electrons. The molecule has 1 fully saturated rings. The lowest BCUT2D eigenvalue weighted by Crippen LogP contribution is -2.61. The minimum Gasteiger partial charge on any atom is -0.465 e. The van der Waals surface area contributed by atoms with Gasteiger partial charge in [-0.15, -0.1) is 0 Å². The van der Waals surface area contributed by atoms with Crippen molar-refractivity contribution in [1.82, 2.24) is 4.90 Å². The normalized spacial score (nSPS) is 14.6. The van der Waals surface area contributed by atoms with E-state index >= 15 is 0 Å². The van der Waals surface area contributed by atoms with Crippen molar-refractivity contribution >= 4 is 56.5 Å². The van der Waals surface area contributed by atoms with Gasteiger partial charge in [-0.3, -0.25) is 9.21 Å². The zero-order valence-electron chi connectivity index (χ0n) is 19.0. The van der Waals surface area contributed by atoms with Crippen molar-refractivity contribution in [3.63, 3.8) is 0 Å². The van der Waals surface area contributed by atoms with Gasteiger partial charge in [0.25, 0.3) is 0 Å². The number of esters is 1. The molecule has 1 saturated heterocycles. The van der Waals surface area contributed by atoms with Crippen LogP contribution in [0.2, 0.25) is 15.1 Å². The number of halogens is 3. The Morgan fingerprint density at radius 3 is 1.89 bits per heavy atom. The molecule has 4 rings (SSSR count). The summed E-state index contributed by atoms with van der Waals surface area (Å²) in [6.45, 7) is 0.923. The average Bonchev–Trinajstić information content (AvgIpc) is 2.78. The molecule has 3 aromatic carbocycles. The van der Waals surface area contributed by atoms with Gasteiger partial charge in [-0.25, -0.2) is 13.2 Å². The third kappa shape index (κ3) is 5.76. The number of methoxy groups -OCH3 is 1. The van der Waals surface area contributed by atoms with Crippen LogP contribution < -0.4 is 4.31 Å². The number of rotatable bonds is 7. The van der Waals surface area contributed by atoms with Crippen LogP contribution in [-0.2, 0) is 14.8 Å². The first-order valence-corrected chi connectivity index (χ1v) is 13.7. The number of hydrogen-bond donors (Lipinski definition) is 0. The van der Waals surface area contributed by atoms with E-state index in [2.05, 4.69) is 4.90 Å². The molecule has 1 aliphatic heterocycles. The number of benzene rings is 3. The lowest BCUT2D eigenvalue weighted by atomic mass is 9.93. The van der Waals surface area contributed by atoms with Crippen LogP contribution in [0.1, 0.15) is 27.5 Å². The highest BCUT2D eigenvalue weighted by Gasteiger charge is 2.41. The second-order valence-corrected chi connectivity index (χ2v) is 11.5. The molecule has 0 radical (unpaired) electrons. The minimum atomic E-state index is -3.67. The van der Waals surface area contributed by atoms with Crippen LogP contribution in [-0.4, -0.2) is 51.8 Å². The molecule has 0 aromatic heterocycles. The van der Waals surface area contributed by atoms with Crippen LogP contribution in [0.4, 0.5) is 5.69 Å². The van der Waals surface area contributed by atoms with Crippen molar-refractivity contribution in [2.45, 2.75) is 12.1 Å². The molecule has 0 N–H and O–H groups in total. The molecule has 0 amide bonds. The molecule has 35 heavy (non-hydrogen) atoms. The third-order valence-electron chi connectivity index (χ3n) is 5.87. The lowest BCUT2D eigenvalue weighted by Gasteiger charge is -2.48. The molecule has 3 aromatic rings. The van der Waals surface area contributed by atoms with Gasteiger partial charge in [0.05, 0.1) is 36.7 Å². The Balaban J connectivity index is 1.66. The second kappa shape index (κ2) is 10.4. The van der Waals surface area contributed by atoms with E-state index in [1.54, 1.807) is 0 Å². The molecule has 0 bridgehead atoms. The molecule has 1 aliphatic rings. The van der Waals surface area contributed by atoms with Crippen LogP contribution in [0.3, 0.4) is 0 Å². The van der Waals surface area contributed by atoms with Gasteiger partial charge in [-0.1, -0.05) is 59.1 Å². The van der Waals surface area contributed by atoms with E-state index < -0.39 is 16.0 Å². The summed E-state index contributed by atoms with van der Waals surface area (Å²) in [5.41, 5.74) is 2.55. The van der Waals surface area contributed by atoms with E-state index in [4.69, 9.17) is 39.5 Å². The quantitative estimate of drug-likeness (QED) is 0.353. The average molecular weight is 554 g/mol. The van der Waals surface area contributed by atoms with Crippen molar-refractivity contribution in [3.05, 3.63) is 98.5 Å². The lowest BCUT2D eigenvalue weighted by molar-refractivity contribution is 0.0600. The first-order chi connectivity index (χ1) is 16.6. The van der Waals surface area contributed by atoms with Gasteiger partial charge in [-0.05, 0) is 53.6 Å². The Morgan fingerprint density at radius 1 is 0.914 bits per heavy atom. The minimum absolute atomic E-state index is 0.118. The Labute approximate surface area is 220 Å². The fourth-order valence-electron chi connectivity index (χ4n) is 4.36. The van der Waals surface area contributed by atoms with E-state index in [1.165, 1.54) is 29.6 Å². The van der Waals surface area contributed by atoms with Gasteiger partial charge in [0.2, 0.25) is 10.0 Å². The molecule has 0 atom stereocenters. The number of carbonyl (C=O) groups is 1. The van der Waals surface area contributed by atoms with Crippen molar-refractivity contribution in [3.8, 4) is 0 Å². The number of likely N-dealkylation sites (tertiary alicyclic amines) is 1. The zero-order valence-corrected chi connectivity index (χ0v) is 22.1. The summed E-state index contributed by atoms with van der Waals surface area (Å²) in [5.74, 6) is -0.594. The molecule has 0 spiro atoms. The Hall–Kier alpha value is -2.29. The maximum Gasteiger partial charge on any atom is 0.337 e. The van der Waals surface area contributed by atoms with Crippen molar-refractivity contribution < 1.29 is 17.9 Å². The predicted molar refractivity (Wildman–Crippen MR) is 140 cm³/mol. The number of carbonyl (C=O) groups excluding carboxylic acids is 1. The van der Waals surface area contributed by atoms with E-state index in [9.17, 15) is 13.2 Å². The molecule has 1 heterocycles. The summed E-state index contributed by atoms with van der Waals surface area (Å²) >= 11 is 18.4. The Morgan fingerprint density at radius 2 is 1.43 bits per heavy atom. The highest BCUT2D eigenvalue weighted by molar-refractivity contribution is 7.92. The van der Waals surface area contributed by atoms with Crippen LogP contribution in [0.25, 0.3) is 0 Å². The summed E-state index contributed by atoms with van der Waals surface area (Å²) in [4.78, 5) is 14.3. The van der Waals surface area contributed by atoms with Gasteiger partial charge < -0.3 is 4.74 Å². The first-order valence-electron chi connectivity index (χ1n) is 10.7. The van der Waals surface area contributed by atoms with E-state index in [-0.39, 0.29) is 22.7 Å². The molecule has 0 unspecified atom stereocenters. The maximum atomic E-state index is 12.8. The van der Waals surface area contributed by atoms with E-state index in [0.29, 0.717) is 28.8 Å². The summed E-state index contributed by atoms with van der Waals surface area (Å²) in [6.07, 6.45) is 1.14. The van der Waals surface area contributed by atoms with Gasteiger partial charge in [0, 0.05) is 28.2 Å². The van der Waals surface area contributed by atoms with E-state index in [1.807, 2.05) is 48.5 Å². The van der Waals surface area contributed by atoms with Gasteiger partial charge in [0.15, 0.2) is 0 Å². The Kier molecular flexibility index (Phi) is 7.64. The molecular formula is C25H23Cl3N2O4S. The number of anilines is 1. The van der Waals surface area contributed by atoms with Crippen molar-refractivity contribution in [2.75, 3.05) is 30.8 Å². The molecule has 6 nitrogen and oxygen atoms in total. The SMILES string of the molecule is COC(=O)c1cc(Cl)cc(N(C2CN(C(c3ccc(Cl)cc3)c3ccc(Cl)cc3)C2)S(C)(=O)=O)c1. The zero-order chi connectivity index (χ0) is 25.3. The largest absolute Gasteiger partial charge is 0.465 e. The molecule has 0 aliphatic carbocycles. The summed E-state index contributed by atoms with van der Waals surface area (Å²) in [7, 11) is -2.41. The number of sulfonamides is 1. The highest BCUT2D eigenvalue weighted by atomic mass is 35.5. The summed E-state index contributed by atoms with van der Waals surface area (Å²) < 4.78 is 31.8. The third-order valence-corrected chi connectivity index (χ3v) is 7.82. The second-order valence-electron chi connectivity index (χ2n) is 8.36. The standard InChI is InChI=1S/C25H23Cl3N2O4S/c1-34-25(31)18-11-21(28)13-22(12-18)30(35(2,32)33)23-14-29(15-23)24(16-3-7-19(26)8-4-16)17-5-9-20(27)10-6-17/h3-13,23-24H,14-15H2,1-2H3. The Bertz CT molecular complexity index is 1280. The van der Waals surface area contributed by atoms with Crippen LogP contribution in [0, 0.1) is 0 Å². The number of nitrogens with zero attached hydrogens (tertiary/aromatic N) is 2.